The lowest BCUT2D eigenvalue weighted by Crippen LogP contribution is -2.40. The van der Waals surface area contributed by atoms with Gasteiger partial charge >= 0.3 is 6.09 Å². The number of amides is 2. The molecule has 0 spiro atoms. The van der Waals surface area contributed by atoms with Gasteiger partial charge in [0.1, 0.15) is 0 Å². The van der Waals surface area contributed by atoms with Gasteiger partial charge in [-0.25, -0.2) is 9.69 Å². The Morgan fingerprint density at radius 2 is 2.35 bits per heavy atom. The summed E-state index contributed by atoms with van der Waals surface area (Å²) in [7, 11) is 1.25. The molecule has 0 aliphatic carbocycles. The van der Waals surface area contributed by atoms with E-state index in [1.807, 2.05) is 12.1 Å². The van der Waals surface area contributed by atoms with Crippen molar-refractivity contribution in [2.75, 3.05) is 17.8 Å². The van der Waals surface area contributed by atoms with Crippen molar-refractivity contribution in [3.05, 3.63) is 23.8 Å². The van der Waals surface area contributed by atoms with Crippen LogP contribution in [0.3, 0.4) is 0 Å². The summed E-state index contributed by atoms with van der Waals surface area (Å²) >= 11 is 1.41. The van der Waals surface area contributed by atoms with Crippen molar-refractivity contribution in [2.45, 2.75) is 11.4 Å². The predicted octanol–water partition coefficient (Wildman–Crippen LogP) is 1.35. The fourth-order valence-corrected chi connectivity index (χ4v) is 2.49. The quantitative estimate of drug-likeness (QED) is 0.816. The van der Waals surface area contributed by atoms with E-state index < -0.39 is 6.09 Å². The van der Waals surface area contributed by atoms with Crippen molar-refractivity contribution < 1.29 is 14.3 Å². The average molecular weight is 252 g/mol. The highest BCUT2D eigenvalue weighted by molar-refractivity contribution is 8.00. The van der Waals surface area contributed by atoms with Crippen molar-refractivity contribution in [3.8, 4) is 0 Å². The Labute approximate surface area is 103 Å². The molecule has 5 nitrogen and oxygen atoms in total. The van der Waals surface area contributed by atoms with E-state index in [1.165, 1.54) is 18.9 Å². The summed E-state index contributed by atoms with van der Waals surface area (Å²) in [5.74, 6) is -0.0344. The second-order valence-corrected chi connectivity index (χ2v) is 4.51. The first-order chi connectivity index (χ1) is 8.17. The lowest BCUT2D eigenvalue weighted by molar-refractivity contribution is -0.115. The molecule has 0 unspecified atom stereocenters. The molecule has 0 atom stereocenters. The first kappa shape index (κ1) is 11.9. The lowest BCUT2D eigenvalue weighted by atomic mass is 10.2. The topological polar surface area (TPSA) is 72.6 Å². The number of anilines is 1. The number of ether oxygens (including phenoxy) is 1. The summed E-state index contributed by atoms with van der Waals surface area (Å²) in [6.45, 7) is 0.362. The van der Waals surface area contributed by atoms with Crippen LogP contribution in [-0.2, 0) is 16.1 Å². The number of hydrogen-bond donors (Lipinski definition) is 1. The van der Waals surface area contributed by atoms with Crippen molar-refractivity contribution in [3.63, 3.8) is 0 Å². The number of imide groups is 1. The molecule has 1 aliphatic rings. The third-order valence-electron chi connectivity index (χ3n) is 2.46. The lowest BCUT2D eigenvalue weighted by Gasteiger charge is -2.26. The molecule has 90 valence electrons. The summed E-state index contributed by atoms with van der Waals surface area (Å²) in [5.41, 5.74) is 6.97. The maximum absolute atomic E-state index is 11.7. The minimum Gasteiger partial charge on any atom is -0.452 e. The minimum absolute atomic E-state index is 0.240. The van der Waals surface area contributed by atoms with Gasteiger partial charge in [0.2, 0.25) is 5.91 Å². The van der Waals surface area contributed by atoms with E-state index in [1.54, 1.807) is 6.07 Å². The molecule has 0 radical (unpaired) electrons. The van der Waals surface area contributed by atoms with Gasteiger partial charge in [0, 0.05) is 11.4 Å². The van der Waals surface area contributed by atoms with E-state index in [0.29, 0.717) is 12.2 Å². The van der Waals surface area contributed by atoms with E-state index in [0.717, 1.165) is 15.4 Å². The second-order valence-electron chi connectivity index (χ2n) is 3.49. The number of benzene rings is 1. The van der Waals surface area contributed by atoms with E-state index in [-0.39, 0.29) is 11.7 Å². The number of hydrogen-bond acceptors (Lipinski definition) is 5. The van der Waals surface area contributed by atoms with Crippen molar-refractivity contribution >= 4 is 29.4 Å². The molecule has 6 heteroatoms. The SMILES string of the molecule is COC(=O)N1C(=O)CSc2ccc(CN)cc21. The Morgan fingerprint density at radius 3 is 3.00 bits per heavy atom. The maximum atomic E-state index is 11.7. The number of carbonyl (C=O) groups is 2. The highest BCUT2D eigenvalue weighted by Crippen LogP contribution is 2.36. The summed E-state index contributed by atoms with van der Waals surface area (Å²) in [4.78, 5) is 25.3. The molecule has 0 bridgehead atoms. The van der Waals surface area contributed by atoms with Gasteiger partial charge in [-0.2, -0.15) is 0 Å². The molecule has 1 aromatic carbocycles. The summed E-state index contributed by atoms with van der Waals surface area (Å²) in [6.07, 6.45) is -0.661. The second kappa shape index (κ2) is 4.77. The normalized spacial score (nSPS) is 14.5. The maximum Gasteiger partial charge on any atom is 0.421 e. The zero-order valence-electron chi connectivity index (χ0n) is 9.30. The Hall–Kier alpha value is -1.53. The number of methoxy groups -OCH3 is 1. The number of carbonyl (C=O) groups excluding carboxylic acids is 2. The molecule has 17 heavy (non-hydrogen) atoms. The monoisotopic (exact) mass is 252 g/mol. The van der Waals surface area contributed by atoms with Crippen LogP contribution in [0.25, 0.3) is 0 Å². The number of rotatable bonds is 1. The van der Waals surface area contributed by atoms with Crippen LogP contribution in [0.4, 0.5) is 10.5 Å². The van der Waals surface area contributed by atoms with Crippen LogP contribution in [0, 0.1) is 0 Å². The van der Waals surface area contributed by atoms with Crippen molar-refractivity contribution in [1.29, 1.82) is 0 Å². The fraction of sp³-hybridized carbons (Fsp3) is 0.273. The Balaban J connectivity index is 2.48. The van der Waals surface area contributed by atoms with Crippen molar-refractivity contribution in [1.82, 2.24) is 0 Å². The molecule has 2 rings (SSSR count). The molecule has 1 heterocycles. The first-order valence-corrected chi connectivity index (χ1v) is 6.02. The fourth-order valence-electron chi connectivity index (χ4n) is 1.62. The highest BCUT2D eigenvalue weighted by Gasteiger charge is 2.30. The van der Waals surface area contributed by atoms with E-state index in [2.05, 4.69) is 4.74 Å². The highest BCUT2D eigenvalue weighted by atomic mass is 32.2. The number of nitrogens with zero attached hydrogens (tertiary/aromatic N) is 1. The summed E-state index contributed by atoms with van der Waals surface area (Å²) in [6, 6.07) is 5.50. The van der Waals surface area contributed by atoms with Gasteiger partial charge in [0.25, 0.3) is 0 Å². The van der Waals surface area contributed by atoms with Gasteiger partial charge in [-0.05, 0) is 17.7 Å². The third kappa shape index (κ3) is 2.13. The van der Waals surface area contributed by atoms with Crippen LogP contribution in [0.5, 0.6) is 0 Å². The van der Waals surface area contributed by atoms with Crippen LogP contribution in [0.1, 0.15) is 5.56 Å². The molecule has 0 aromatic heterocycles. The standard InChI is InChI=1S/C11H12N2O3S/c1-16-11(15)13-8-4-7(5-12)2-3-9(8)17-6-10(13)14/h2-4H,5-6,12H2,1H3. The predicted molar refractivity (Wildman–Crippen MR) is 64.9 cm³/mol. The van der Waals surface area contributed by atoms with Crippen LogP contribution in [0.15, 0.2) is 23.1 Å². The first-order valence-electron chi connectivity index (χ1n) is 5.04. The van der Waals surface area contributed by atoms with Gasteiger partial charge < -0.3 is 10.5 Å². The number of fused-ring (bicyclic) bond motifs is 1. The summed E-state index contributed by atoms with van der Waals surface area (Å²) < 4.78 is 4.62. The van der Waals surface area contributed by atoms with Crippen LogP contribution in [0.2, 0.25) is 0 Å². The molecular weight excluding hydrogens is 240 g/mol. The number of nitrogens with two attached hydrogens (primary N) is 1. The Morgan fingerprint density at radius 1 is 1.59 bits per heavy atom. The van der Waals surface area contributed by atoms with Gasteiger partial charge in [0.05, 0.1) is 18.6 Å². The molecular formula is C11H12N2O3S. The molecule has 0 fully saturated rings. The average Bonchev–Trinajstić information content (AvgIpc) is 2.37. The van der Waals surface area contributed by atoms with E-state index >= 15 is 0 Å². The largest absolute Gasteiger partial charge is 0.452 e. The summed E-state index contributed by atoms with van der Waals surface area (Å²) in [5, 5.41) is 0. The number of thioether (sulfide) groups is 1. The van der Waals surface area contributed by atoms with Gasteiger partial charge in [-0.3, -0.25) is 4.79 Å². The van der Waals surface area contributed by atoms with Gasteiger partial charge in [-0.1, -0.05) is 6.07 Å². The minimum atomic E-state index is -0.661. The molecule has 2 N–H and O–H groups in total. The zero-order chi connectivity index (χ0) is 12.4. The van der Waals surface area contributed by atoms with E-state index in [9.17, 15) is 9.59 Å². The Kier molecular flexibility index (Phi) is 3.35. The van der Waals surface area contributed by atoms with Gasteiger partial charge in [-0.15, -0.1) is 11.8 Å². The van der Waals surface area contributed by atoms with Crippen molar-refractivity contribution in [2.24, 2.45) is 5.73 Å². The van der Waals surface area contributed by atoms with Crippen LogP contribution < -0.4 is 10.6 Å². The van der Waals surface area contributed by atoms with E-state index in [4.69, 9.17) is 5.73 Å². The smallest absolute Gasteiger partial charge is 0.421 e. The van der Waals surface area contributed by atoms with Crippen LogP contribution in [-0.4, -0.2) is 24.9 Å². The molecule has 1 aromatic rings. The molecule has 1 aliphatic heterocycles. The Bertz CT molecular complexity index is 476. The van der Waals surface area contributed by atoms with Gasteiger partial charge in [0.15, 0.2) is 0 Å². The zero-order valence-corrected chi connectivity index (χ0v) is 10.1. The molecule has 0 saturated heterocycles. The third-order valence-corrected chi connectivity index (χ3v) is 3.51. The molecule has 0 saturated carbocycles. The van der Waals surface area contributed by atoms with Crippen LogP contribution >= 0.6 is 11.8 Å². The molecule has 2 amide bonds.